The first-order chi connectivity index (χ1) is 42.5. The van der Waals surface area contributed by atoms with Crippen LogP contribution < -0.4 is 9.30 Å². The molecule has 0 spiro atoms. The van der Waals surface area contributed by atoms with Gasteiger partial charge in [-0.1, -0.05) is 202 Å². The fourth-order valence-electron chi connectivity index (χ4n) is 10.1. The van der Waals surface area contributed by atoms with Gasteiger partial charge in [-0.3, -0.25) is 13.7 Å². The minimum atomic E-state index is -0.738. The Kier molecular flexibility index (Phi) is 8.98. The minimum absolute atomic E-state index is 0.0912. The van der Waals surface area contributed by atoms with Crippen molar-refractivity contribution in [3.63, 3.8) is 0 Å². The van der Waals surface area contributed by atoms with Crippen LogP contribution in [0.25, 0.3) is 94.5 Å². The van der Waals surface area contributed by atoms with E-state index in [-0.39, 0.29) is 22.0 Å². The Morgan fingerprint density at radius 2 is 1.12 bits per heavy atom. The minimum Gasteiger partial charge on any atom is -0.458 e. The Morgan fingerprint density at radius 1 is 0.481 bits per heavy atom. The van der Waals surface area contributed by atoms with Gasteiger partial charge in [0.15, 0.2) is 0 Å². The fourth-order valence-corrected chi connectivity index (χ4v) is 10.1. The van der Waals surface area contributed by atoms with E-state index in [0.717, 1.165) is 44.3 Å². The maximum Gasteiger partial charge on any atom is 0.269 e. The summed E-state index contributed by atoms with van der Waals surface area (Å²) < 4.78 is 131. The van der Waals surface area contributed by atoms with Crippen molar-refractivity contribution in [1.29, 1.82) is 0 Å². The second-order valence-electron chi connectivity index (χ2n) is 22.5. The van der Waals surface area contributed by atoms with Crippen LogP contribution in [0.15, 0.2) is 224 Å². The lowest BCUT2D eigenvalue weighted by atomic mass is 9.82. The van der Waals surface area contributed by atoms with Crippen molar-refractivity contribution < 1.29 is 27.1 Å². The Balaban J connectivity index is 1.11. The molecule has 0 N–H and O–H groups in total. The van der Waals surface area contributed by atoms with Gasteiger partial charge >= 0.3 is 0 Å². The summed E-state index contributed by atoms with van der Waals surface area (Å²) >= 11 is 0. The van der Waals surface area contributed by atoms with Crippen LogP contribution in [0.2, 0.25) is 0 Å². The van der Waals surface area contributed by atoms with Gasteiger partial charge in [0.1, 0.15) is 17.3 Å². The number of nitrogens with zero attached hydrogens (tertiary/aromatic N) is 4. The van der Waals surface area contributed by atoms with Gasteiger partial charge in [-0.25, -0.2) is 4.98 Å². The van der Waals surface area contributed by atoms with Gasteiger partial charge in [0.05, 0.1) is 51.3 Å². The molecule has 0 saturated carbocycles. The van der Waals surface area contributed by atoms with Crippen LogP contribution >= 0.6 is 0 Å². The zero-order valence-electron chi connectivity index (χ0n) is 57.6. The average Bonchev–Trinajstić information content (AvgIpc) is 1.01. The molecule has 5 heteroatoms. The topological polar surface area (TPSA) is 35.9 Å². The van der Waals surface area contributed by atoms with Gasteiger partial charge in [-0.05, 0) is 150 Å². The standard InChI is InChI=1S/C72H64N4O/c1-70(2,3)55-33-30-50(31-34-55)51-32-37-65-67(43-51)74(47-75(65)69-60(27-19-28-63(69)72(7,8)9)54-41-52(48-20-12-10-13-21-48)40-53(42-54)49-22-14-11-15-23-49)57-24-18-25-58(45-57)77-59-35-36-62-61-26-16-17-29-64(61)76(66(62)46-59)68-44-56(38-39-73-68)71(4,5)6/h10-46H,1-9H3/i10D,11D,12D,13D,14D,15D,20D,21D,22D,23D,40D,41D,42D. The van der Waals surface area contributed by atoms with Crippen LogP contribution in [-0.2, 0) is 16.2 Å². The molecule has 0 fully saturated rings. The number of benzene rings is 9. The molecule has 0 saturated heterocycles. The highest BCUT2D eigenvalue weighted by Gasteiger charge is 2.26. The van der Waals surface area contributed by atoms with Gasteiger partial charge < -0.3 is 4.74 Å². The molecular weight excluding hydrogens is 937 g/mol. The number of pyridine rings is 1. The second kappa shape index (κ2) is 19.1. The highest BCUT2D eigenvalue weighted by Crippen LogP contribution is 2.41. The Labute approximate surface area is 471 Å². The summed E-state index contributed by atoms with van der Waals surface area (Å²) in [4.78, 5) is 4.88. The summed E-state index contributed by atoms with van der Waals surface area (Å²) in [6.07, 6.45) is 5.54. The van der Waals surface area contributed by atoms with Crippen molar-refractivity contribution in [3.05, 3.63) is 247 Å². The van der Waals surface area contributed by atoms with Crippen LogP contribution in [0.3, 0.4) is 0 Å². The first-order valence-corrected chi connectivity index (χ1v) is 25.8. The van der Waals surface area contributed by atoms with E-state index in [9.17, 15) is 4.11 Å². The highest BCUT2D eigenvalue weighted by molar-refractivity contribution is 6.09. The predicted octanol–water partition coefficient (Wildman–Crippen LogP) is 18.6. The van der Waals surface area contributed by atoms with Crippen molar-refractivity contribution >= 4 is 32.8 Å². The molecule has 77 heavy (non-hydrogen) atoms. The normalized spacial score (nSPS) is 14.6. The van der Waals surface area contributed by atoms with Crippen LogP contribution in [0, 0.1) is 6.33 Å². The number of imidazole rings is 1. The average molecular weight is 1010 g/mol. The Hall–Kier alpha value is -8.80. The summed E-state index contributed by atoms with van der Waals surface area (Å²) in [7, 11) is 0. The third-order valence-electron chi connectivity index (χ3n) is 14.1. The molecule has 0 bridgehead atoms. The van der Waals surface area contributed by atoms with E-state index in [1.54, 1.807) is 12.1 Å². The second-order valence-corrected chi connectivity index (χ2v) is 22.5. The van der Waals surface area contributed by atoms with E-state index in [4.69, 9.17) is 23.4 Å². The summed E-state index contributed by atoms with van der Waals surface area (Å²) in [5, 5.41) is 2.11. The predicted molar refractivity (Wildman–Crippen MR) is 320 cm³/mol. The van der Waals surface area contributed by atoms with Gasteiger partial charge in [0.2, 0.25) is 0 Å². The number of fused-ring (bicyclic) bond motifs is 4. The molecule has 0 unspecified atom stereocenters. The van der Waals surface area contributed by atoms with E-state index in [1.165, 1.54) is 5.56 Å². The van der Waals surface area contributed by atoms with Crippen molar-refractivity contribution in [2.75, 3.05) is 0 Å². The van der Waals surface area contributed by atoms with Crippen molar-refractivity contribution in [2.45, 2.75) is 78.6 Å². The molecule has 0 amide bonds. The van der Waals surface area contributed by atoms with Gasteiger partial charge in [-0.15, -0.1) is 0 Å². The fraction of sp³-hybridized carbons (Fsp3) is 0.167. The van der Waals surface area contributed by atoms with Crippen molar-refractivity contribution in [1.82, 2.24) is 14.1 Å². The summed E-state index contributed by atoms with van der Waals surface area (Å²) in [5.41, 5.74) is 6.27. The number of para-hydroxylation sites is 2. The monoisotopic (exact) mass is 1010 g/mol. The first-order valence-electron chi connectivity index (χ1n) is 32.3. The molecule has 9 aromatic carbocycles. The molecule has 3 aromatic heterocycles. The maximum absolute atomic E-state index is 10.2. The molecule has 5 nitrogen and oxygen atoms in total. The van der Waals surface area contributed by atoms with Gasteiger partial charge in [-0.2, -0.15) is 0 Å². The molecule has 0 atom stereocenters. The third kappa shape index (κ3) is 9.41. The molecule has 0 aliphatic rings. The summed E-state index contributed by atoms with van der Waals surface area (Å²) in [6, 6.07) is 36.9. The molecule has 0 aliphatic heterocycles. The lowest BCUT2D eigenvalue weighted by molar-refractivity contribution is -0.572. The van der Waals surface area contributed by atoms with E-state index in [0.29, 0.717) is 39.5 Å². The molecule has 378 valence electrons. The summed E-state index contributed by atoms with van der Waals surface area (Å²) in [6.45, 7) is 19.1. The first kappa shape index (κ1) is 36.2. The molecule has 3 heterocycles. The largest absolute Gasteiger partial charge is 0.458 e. The van der Waals surface area contributed by atoms with Crippen LogP contribution in [0.5, 0.6) is 11.5 Å². The van der Waals surface area contributed by atoms with E-state index in [2.05, 4.69) is 113 Å². The van der Waals surface area contributed by atoms with Crippen LogP contribution in [-0.4, -0.2) is 14.1 Å². The lowest BCUT2D eigenvalue weighted by Gasteiger charge is -2.26. The maximum atomic E-state index is 10.2. The zero-order valence-corrected chi connectivity index (χ0v) is 44.6. The number of rotatable bonds is 9. The Bertz CT molecular complexity index is 4820. The SMILES string of the molecule is [2H]c1c([2H])c([2H])c(-c2c([2H])c(-c3cccc(C(C)(C)C)c3-[n+]3[c-]n(-c4cccc(Oc5ccc6c7ccccc7n(-c7cc(C(C)(C)C)ccn7)c6c5)c4)c4cc(-c5ccc(C(C)(C)C)cc5)ccc43)c([2H])c(-c3c([2H])c([2H])c([2H])c([2H])c3[2H])c2[2H])c([2H])c1[2H]. The molecule has 12 rings (SSSR count). The molecule has 12 aromatic rings. The lowest BCUT2D eigenvalue weighted by Crippen LogP contribution is -2.34. The molecule has 0 aliphatic carbocycles. The van der Waals surface area contributed by atoms with Gasteiger partial charge in [0.25, 0.3) is 6.33 Å². The summed E-state index contributed by atoms with van der Waals surface area (Å²) in [5.74, 6) is 1.88. The Morgan fingerprint density at radius 3 is 1.81 bits per heavy atom. The number of ether oxygens (including phenoxy) is 1. The van der Waals surface area contributed by atoms with E-state index in [1.807, 2.05) is 103 Å². The smallest absolute Gasteiger partial charge is 0.269 e. The van der Waals surface area contributed by atoms with E-state index < -0.39 is 106 Å². The quantitative estimate of drug-likeness (QED) is 0.107. The van der Waals surface area contributed by atoms with Crippen LogP contribution in [0.1, 0.15) is 96.8 Å². The third-order valence-corrected chi connectivity index (χ3v) is 14.1. The molecule has 0 radical (unpaired) electrons. The van der Waals surface area contributed by atoms with Crippen molar-refractivity contribution in [2.24, 2.45) is 0 Å². The van der Waals surface area contributed by atoms with Gasteiger partial charge in [0, 0.05) is 23.0 Å². The van der Waals surface area contributed by atoms with Crippen LogP contribution in [0.4, 0.5) is 0 Å². The number of hydrogen-bond acceptors (Lipinski definition) is 2. The zero-order chi connectivity index (χ0) is 64.5. The number of aromatic nitrogens is 4. The highest BCUT2D eigenvalue weighted by atomic mass is 16.5. The molecular formula is C72H64N4O. The van der Waals surface area contributed by atoms with Crippen molar-refractivity contribution in [3.8, 4) is 73.2 Å². The number of hydrogen-bond donors (Lipinski definition) is 0. The van der Waals surface area contributed by atoms with E-state index >= 15 is 0 Å².